The van der Waals surface area contributed by atoms with Crippen LogP contribution >= 0.6 is 0 Å². The van der Waals surface area contributed by atoms with Crippen LogP contribution in [0.25, 0.3) is 0 Å². The number of ether oxygens (including phenoxy) is 2. The lowest BCUT2D eigenvalue weighted by Gasteiger charge is -2.23. The van der Waals surface area contributed by atoms with Crippen LogP contribution in [0.5, 0.6) is 0 Å². The molecule has 1 aliphatic heterocycles. The minimum absolute atomic E-state index is 0.312. The van der Waals surface area contributed by atoms with Crippen molar-refractivity contribution in [2.45, 2.75) is 25.4 Å². The fourth-order valence-electron chi connectivity index (χ4n) is 2.02. The zero-order chi connectivity index (χ0) is 11.9. The van der Waals surface area contributed by atoms with Crippen molar-refractivity contribution in [2.24, 2.45) is 0 Å². The van der Waals surface area contributed by atoms with E-state index in [1.54, 1.807) is 0 Å². The van der Waals surface area contributed by atoms with Crippen LogP contribution < -0.4 is 5.32 Å². The second kappa shape index (κ2) is 6.74. The van der Waals surface area contributed by atoms with Crippen LogP contribution in [-0.2, 0) is 9.47 Å². The smallest absolute Gasteiger partial charge is 0.147 e. The fraction of sp³-hybridized carbons (Fsp3) is 0.571. The van der Waals surface area contributed by atoms with Crippen LogP contribution in [0.3, 0.4) is 0 Å². The van der Waals surface area contributed by atoms with Gasteiger partial charge in [-0.15, -0.1) is 0 Å². The van der Waals surface area contributed by atoms with Gasteiger partial charge in [-0.3, -0.25) is 0 Å². The minimum atomic E-state index is 0.312. The molecule has 2 rings (SSSR count). The van der Waals surface area contributed by atoms with Crippen molar-refractivity contribution >= 4 is 0 Å². The first kappa shape index (κ1) is 12.6. The van der Waals surface area contributed by atoms with Crippen LogP contribution in [0.4, 0.5) is 0 Å². The van der Waals surface area contributed by atoms with Crippen molar-refractivity contribution in [3.05, 3.63) is 35.9 Å². The van der Waals surface area contributed by atoms with Gasteiger partial charge in [0.05, 0.1) is 12.7 Å². The molecular weight excluding hydrogens is 214 g/mol. The summed E-state index contributed by atoms with van der Waals surface area (Å²) in [4.78, 5) is 0. The highest BCUT2D eigenvalue weighted by atomic mass is 16.7. The zero-order valence-corrected chi connectivity index (χ0v) is 10.4. The summed E-state index contributed by atoms with van der Waals surface area (Å²) in [6, 6.07) is 10.6. The summed E-state index contributed by atoms with van der Waals surface area (Å²) in [6.45, 7) is 5.42. The lowest BCUT2D eigenvalue weighted by molar-refractivity contribution is -0.137. The molecular formula is C14H21NO2. The van der Waals surface area contributed by atoms with Crippen LogP contribution in [-0.4, -0.2) is 32.6 Å². The third-order valence-corrected chi connectivity index (χ3v) is 3.16. The molecule has 2 unspecified atom stereocenters. The first-order chi connectivity index (χ1) is 8.36. The van der Waals surface area contributed by atoms with Crippen LogP contribution in [0.2, 0.25) is 0 Å². The number of hydrogen-bond acceptors (Lipinski definition) is 3. The molecule has 1 aromatic carbocycles. The molecule has 3 heteroatoms. The Morgan fingerprint density at radius 3 is 2.88 bits per heavy atom. The average Bonchev–Trinajstić information content (AvgIpc) is 2.41. The minimum Gasteiger partial charge on any atom is -0.355 e. The predicted octanol–water partition coefficient (Wildman–Crippen LogP) is 2.14. The Morgan fingerprint density at radius 2 is 2.18 bits per heavy atom. The standard InChI is InChI=1S/C14H21NO2/c1-12(13-5-3-2-4-6-13)9-15-10-14-7-8-16-11-17-14/h2-6,12,14-15H,7-11H2,1H3. The van der Waals surface area contributed by atoms with Gasteiger partial charge in [-0.2, -0.15) is 0 Å². The lowest BCUT2D eigenvalue weighted by Crippen LogP contribution is -2.35. The van der Waals surface area contributed by atoms with E-state index in [1.807, 2.05) is 0 Å². The second-order valence-corrected chi connectivity index (χ2v) is 4.57. The highest BCUT2D eigenvalue weighted by molar-refractivity contribution is 5.18. The van der Waals surface area contributed by atoms with Gasteiger partial charge < -0.3 is 14.8 Å². The highest BCUT2D eigenvalue weighted by Gasteiger charge is 2.14. The van der Waals surface area contributed by atoms with E-state index in [-0.39, 0.29) is 0 Å². The molecule has 0 radical (unpaired) electrons. The van der Waals surface area contributed by atoms with E-state index in [0.29, 0.717) is 18.8 Å². The molecule has 0 spiro atoms. The van der Waals surface area contributed by atoms with E-state index in [4.69, 9.17) is 9.47 Å². The Kier molecular flexibility index (Phi) is 4.98. The number of benzene rings is 1. The quantitative estimate of drug-likeness (QED) is 0.848. The lowest BCUT2D eigenvalue weighted by atomic mass is 10.0. The Balaban J connectivity index is 1.67. The average molecular weight is 235 g/mol. The van der Waals surface area contributed by atoms with Crippen LogP contribution in [0.15, 0.2) is 30.3 Å². The van der Waals surface area contributed by atoms with Crippen molar-refractivity contribution in [3.8, 4) is 0 Å². The van der Waals surface area contributed by atoms with Crippen molar-refractivity contribution < 1.29 is 9.47 Å². The number of rotatable bonds is 5. The predicted molar refractivity (Wildman–Crippen MR) is 68.0 cm³/mol. The summed E-state index contributed by atoms with van der Waals surface area (Å²) in [5, 5.41) is 3.47. The molecule has 3 nitrogen and oxygen atoms in total. The zero-order valence-electron chi connectivity index (χ0n) is 10.4. The van der Waals surface area contributed by atoms with E-state index in [0.717, 1.165) is 26.1 Å². The molecule has 1 N–H and O–H groups in total. The van der Waals surface area contributed by atoms with E-state index >= 15 is 0 Å². The Bertz CT molecular complexity index is 309. The van der Waals surface area contributed by atoms with Crippen molar-refractivity contribution in [3.63, 3.8) is 0 Å². The van der Waals surface area contributed by atoms with E-state index in [2.05, 4.69) is 42.6 Å². The van der Waals surface area contributed by atoms with E-state index in [1.165, 1.54) is 5.56 Å². The van der Waals surface area contributed by atoms with Gasteiger partial charge in [-0.05, 0) is 17.9 Å². The number of nitrogens with one attached hydrogen (secondary N) is 1. The first-order valence-corrected chi connectivity index (χ1v) is 6.31. The van der Waals surface area contributed by atoms with Gasteiger partial charge in [0.2, 0.25) is 0 Å². The molecule has 1 saturated heterocycles. The molecule has 0 saturated carbocycles. The summed E-state index contributed by atoms with van der Waals surface area (Å²) in [5.41, 5.74) is 1.38. The van der Waals surface area contributed by atoms with Gasteiger partial charge in [0.1, 0.15) is 6.79 Å². The van der Waals surface area contributed by atoms with Crippen molar-refractivity contribution in [1.82, 2.24) is 5.32 Å². The normalized spacial score (nSPS) is 22.3. The molecule has 1 aromatic rings. The van der Waals surface area contributed by atoms with Gasteiger partial charge in [0.15, 0.2) is 0 Å². The molecule has 1 heterocycles. The van der Waals surface area contributed by atoms with Crippen LogP contribution in [0, 0.1) is 0 Å². The summed E-state index contributed by atoms with van der Waals surface area (Å²) in [5.74, 6) is 0.538. The van der Waals surface area contributed by atoms with Gasteiger partial charge in [0, 0.05) is 13.1 Å². The first-order valence-electron chi connectivity index (χ1n) is 6.31. The van der Waals surface area contributed by atoms with Crippen LogP contribution in [0.1, 0.15) is 24.8 Å². The molecule has 2 atom stereocenters. The topological polar surface area (TPSA) is 30.5 Å². The molecule has 1 aliphatic rings. The van der Waals surface area contributed by atoms with Crippen molar-refractivity contribution in [2.75, 3.05) is 26.5 Å². The highest BCUT2D eigenvalue weighted by Crippen LogP contribution is 2.13. The maximum atomic E-state index is 5.48. The van der Waals surface area contributed by atoms with Gasteiger partial charge in [-0.1, -0.05) is 37.3 Å². The fourth-order valence-corrected chi connectivity index (χ4v) is 2.02. The van der Waals surface area contributed by atoms with E-state index < -0.39 is 0 Å². The Morgan fingerprint density at radius 1 is 1.35 bits per heavy atom. The summed E-state index contributed by atoms with van der Waals surface area (Å²) in [7, 11) is 0. The third-order valence-electron chi connectivity index (χ3n) is 3.16. The molecule has 17 heavy (non-hydrogen) atoms. The van der Waals surface area contributed by atoms with Gasteiger partial charge in [0.25, 0.3) is 0 Å². The molecule has 0 bridgehead atoms. The summed E-state index contributed by atoms with van der Waals surface area (Å²) in [6.07, 6.45) is 1.30. The molecule has 0 aliphatic carbocycles. The Hall–Kier alpha value is -0.900. The third kappa shape index (κ3) is 4.11. The molecule has 0 aromatic heterocycles. The maximum absolute atomic E-state index is 5.48. The van der Waals surface area contributed by atoms with Gasteiger partial charge >= 0.3 is 0 Å². The second-order valence-electron chi connectivity index (χ2n) is 4.57. The summed E-state index contributed by atoms with van der Waals surface area (Å²) >= 11 is 0. The largest absolute Gasteiger partial charge is 0.355 e. The summed E-state index contributed by atoms with van der Waals surface area (Å²) < 4.78 is 10.6. The van der Waals surface area contributed by atoms with Gasteiger partial charge in [-0.25, -0.2) is 0 Å². The molecule has 94 valence electrons. The van der Waals surface area contributed by atoms with Crippen molar-refractivity contribution in [1.29, 1.82) is 0 Å². The SMILES string of the molecule is CC(CNCC1CCOCO1)c1ccccc1. The molecule has 1 fully saturated rings. The molecule has 0 amide bonds. The monoisotopic (exact) mass is 235 g/mol. The van der Waals surface area contributed by atoms with E-state index in [9.17, 15) is 0 Å². The Labute approximate surface area is 103 Å². The maximum Gasteiger partial charge on any atom is 0.147 e. The number of hydrogen-bond donors (Lipinski definition) is 1.